The lowest BCUT2D eigenvalue weighted by molar-refractivity contribution is -0.385. The Bertz CT molecular complexity index is 947. The van der Waals surface area contributed by atoms with Crippen LogP contribution in [0.1, 0.15) is 11.1 Å². The maximum atomic E-state index is 10.6. The van der Waals surface area contributed by atoms with E-state index in [4.69, 9.17) is 16.3 Å². The molecule has 3 aromatic rings. The summed E-state index contributed by atoms with van der Waals surface area (Å²) in [7, 11) is 0. The number of nitrogens with zero attached hydrogens (tertiary/aromatic N) is 3. The summed E-state index contributed by atoms with van der Waals surface area (Å²) < 4.78 is 5.73. The highest BCUT2D eigenvalue weighted by Gasteiger charge is 2.05. The summed E-state index contributed by atoms with van der Waals surface area (Å²) in [6.07, 6.45) is 2.73. The average Bonchev–Trinajstić information content (AvgIpc) is 2.68. The van der Waals surface area contributed by atoms with E-state index >= 15 is 0 Å². The largest absolute Gasteiger partial charge is 0.487 e. The minimum absolute atomic E-state index is 0.0811. The van der Waals surface area contributed by atoms with Gasteiger partial charge in [0.2, 0.25) is 0 Å². The van der Waals surface area contributed by atoms with Gasteiger partial charge in [-0.1, -0.05) is 41.9 Å². The molecule has 0 spiro atoms. The summed E-state index contributed by atoms with van der Waals surface area (Å²) >= 11 is 6.26. The van der Waals surface area contributed by atoms with E-state index in [-0.39, 0.29) is 5.69 Å². The maximum Gasteiger partial charge on any atom is 0.287 e. The zero-order valence-corrected chi connectivity index (χ0v) is 14.8. The minimum Gasteiger partial charge on any atom is -0.487 e. The number of halogens is 1. The summed E-state index contributed by atoms with van der Waals surface area (Å²) in [6.45, 7) is 0.432. The quantitative estimate of drug-likeness (QED) is 0.364. The van der Waals surface area contributed by atoms with Gasteiger partial charge in [-0.15, -0.1) is 0 Å². The Balaban J connectivity index is 1.58. The molecule has 0 fully saturated rings. The van der Waals surface area contributed by atoms with Crippen molar-refractivity contribution < 1.29 is 9.66 Å². The van der Waals surface area contributed by atoms with Gasteiger partial charge in [-0.25, -0.2) is 4.98 Å². The summed E-state index contributed by atoms with van der Waals surface area (Å²) in [4.78, 5) is 14.0. The van der Waals surface area contributed by atoms with E-state index in [1.54, 1.807) is 18.3 Å². The van der Waals surface area contributed by atoms with Crippen molar-refractivity contribution >= 4 is 29.3 Å². The highest BCUT2D eigenvalue weighted by atomic mass is 35.5. The van der Waals surface area contributed by atoms with Gasteiger partial charge >= 0.3 is 0 Å². The van der Waals surface area contributed by atoms with E-state index in [1.807, 2.05) is 36.4 Å². The second-order valence-corrected chi connectivity index (χ2v) is 5.90. The number of hydrazone groups is 1. The highest BCUT2D eigenvalue weighted by Crippen LogP contribution is 2.25. The lowest BCUT2D eigenvalue weighted by Crippen LogP contribution is -1.97. The number of nitrogens with one attached hydrogen (secondary N) is 1. The molecule has 3 rings (SSSR count). The molecule has 0 saturated heterocycles. The monoisotopic (exact) mass is 382 g/mol. The summed E-state index contributed by atoms with van der Waals surface area (Å²) in [5.74, 6) is 0.980. The molecule has 8 heteroatoms. The van der Waals surface area contributed by atoms with Gasteiger partial charge in [-0.05, 0) is 35.4 Å². The van der Waals surface area contributed by atoms with Crippen molar-refractivity contribution in [3.05, 3.63) is 93.1 Å². The molecule has 0 aliphatic rings. The average molecular weight is 383 g/mol. The molecule has 0 bridgehead atoms. The van der Waals surface area contributed by atoms with E-state index in [0.717, 1.165) is 17.3 Å². The molecular formula is C19H15ClN4O3. The summed E-state index contributed by atoms with van der Waals surface area (Å²) in [6, 6.07) is 18.0. The highest BCUT2D eigenvalue weighted by molar-refractivity contribution is 6.32. The normalized spacial score (nSPS) is 10.7. The van der Waals surface area contributed by atoms with Crippen LogP contribution in [0.15, 0.2) is 72.0 Å². The number of ether oxygens (including phenoxy) is 1. The van der Waals surface area contributed by atoms with Gasteiger partial charge < -0.3 is 4.74 Å². The Morgan fingerprint density at radius 2 is 2.00 bits per heavy atom. The Morgan fingerprint density at radius 3 is 2.67 bits per heavy atom. The maximum absolute atomic E-state index is 10.6. The third-order valence-corrected chi connectivity index (χ3v) is 3.84. The fraction of sp³-hybridized carbons (Fsp3) is 0.0526. The second-order valence-electron chi connectivity index (χ2n) is 5.49. The molecule has 0 unspecified atom stereocenters. The van der Waals surface area contributed by atoms with Crippen LogP contribution in [0.3, 0.4) is 0 Å². The van der Waals surface area contributed by atoms with Crippen LogP contribution in [-0.2, 0) is 6.61 Å². The van der Waals surface area contributed by atoms with Crippen molar-refractivity contribution in [3.63, 3.8) is 0 Å². The molecule has 1 aromatic heterocycles. The number of aromatic nitrogens is 1. The Morgan fingerprint density at radius 1 is 1.19 bits per heavy atom. The molecular weight excluding hydrogens is 368 g/mol. The SMILES string of the molecule is O=[N+]([O-])c1ccc(N/N=C\c2ccc(OCc3ccccc3)c(Cl)c2)nc1. The number of pyridine rings is 1. The molecule has 1 N–H and O–H groups in total. The van der Waals surface area contributed by atoms with Gasteiger partial charge in [0.15, 0.2) is 0 Å². The van der Waals surface area contributed by atoms with Crippen LogP contribution in [-0.4, -0.2) is 16.1 Å². The minimum atomic E-state index is -0.510. The molecule has 1 heterocycles. The van der Waals surface area contributed by atoms with Crippen molar-refractivity contribution in [3.8, 4) is 5.75 Å². The number of rotatable bonds is 7. The first-order valence-electron chi connectivity index (χ1n) is 7.97. The Labute approximate surface area is 160 Å². The zero-order valence-electron chi connectivity index (χ0n) is 14.1. The van der Waals surface area contributed by atoms with Crippen LogP contribution >= 0.6 is 11.6 Å². The van der Waals surface area contributed by atoms with Crippen molar-refractivity contribution in [2.24, 2.45) is 5.10 Å². The van der Waals surface area contributed by atoms with Gasteiger partial charge in [0, 0.05) is 6.07 Å². The molecule has 0 radical (unpaired) electrons. The predicted molar refractivity (Wildman–Crippen MR) is 104 cm³/mol. The van der Waals surface area contributed by atoms with E-state index in [0.29, 0.717) is 23.2 Å². The van der Waals surface area contributed by atoms with Gasteiger partial charge in [0.05, 0.1) is 16.2 Å². The van der Waals surface area contributed by atoms with Gasteiger partial charge in [0.25, 0.3) is 5.69 Å². The molecule has 0 aliphatic heterocycles. The zero-order chi connectivity index (χ0) is 19.1. The third-order valence-electron chi connectivity index (χ3n) is 3.54. The van der Waals surface area contributed by atoms with E-state index < -0.39 is 4.92 Å². The van der Waals surface area contributed by atoms with Gasteiger partial charge in [-0.2, -0.15) is 5.10 Å². The Kier molecular flexibility index (Phi) is 5.96. The molecule has 2 aromatic carbocycles. The predicted octanol–water partition coefficient (Wildman–Crippen LogP) is 4.67. The number of hydrogen-bond acceptors (Lipinski definition) is 6. The van der Waals surface area contributed by atoms with Crippen molar-refractivity contribution in [1.82, 2.24) is 4.98 Å². The summed E-state index contributed by atoms with van der Waals surface area (Å²) in [5.41, 5.74) is 4.44. The van der Waals surface area contributed by atoms with Gasteiger partial charge in [-0.3, -0.25) is 15.5 Å². The topological polar surface area (TPSA) is 89.7 Å². The second kappa shape index (κ2) is 8.77. The smallest absolute Gasteiger partial charge is 0.287 e. The fourth-order valence-corrected chi connectivity index (χ4v) is 2.43. The molecule has 27 heavy (non-hydrogen) atoms. The molecule has 0 amide bonds. The molecule has 7 nitrogen and oxygen atoms in total. The molecule has 0 atom stereocenters. The molecule has 0 saturated carbocycles. The first-order valence-corrected chi connectivity index (χ1v) is 8.35. The van der Waals surface area contributed by atoms with Gasteiger partial charge in [0.1, 0.15) is 24.4 Å². The van der Waals surface area contributed by atoms with Crippen LogP contribution in [0, 0.1) is 10.1 Å². The van der Waals surface area contributed by atoms with Crippen LogP contribution in [0.25, 0.3) is 0 Å². The molecule has 0 aliphatic carbocycles. The van der Waals surface area contributed by atoms with E-state index in [2.05, 4.69) is 15.5 Å². The first-order chi connectivity index (χ1) is 13.1. The number of nitro groups is 1. The number of benzene rings is 2. The van der Waals surface area contributed by atoms with Crippen molar-refractivity contribution in [1.29, 1.82) is 0 Å². The van der Waals surface area contributed by atoms with Crippen LogP contribution in [0.2, 0.25) is 5.02 Å². The summed E-state index contributed by atoms with van der Waals surface area (Å²) in [5, 5.41) is 15.1. The van der Waals surface area contributed by atoms with Crippen LogP contribution in [0.5, 0.6) is 5.75 Å². The third kappa shape index (κ3) is 5.26. The van der Waals surface area contributed by atoms with Crippen LogP contribution in [0.4, 0.5) is 11.5 Å². The number of hydrogen-bond donors (Lipinski definition) is 1. The lowest BCUT2D eigenvalue weighted by Gasteiger charge is -2.08. The van der Waals surface area contributed by atoms with Crippen molar-refractivity contribution in [2.45, 2.75) is 6.61 Å². The van der Waals surface area contributed by atoms with Crippen LogP contribution < -0.4 is 10.2 Å². The lowest BCUT2D eigenvalue weighted by atomic mass is 10.2. The Hall–Kier alpha value is -3.45. The standard InChI is InChI=1S/C19H15ClN4O3/c20-17-10-15(6-8-18(17)27-13-14-4-2-1-3-5-14)11-22-23-19-9-7-16(12-21-19)24(25)26/h1-12H,13H2,(H,21,23)/b22-11-. The number of anilines is 1. The fourth-order valence-electron chi connectivity index (χ4n) is 2.18. The van der Waals surface area contributed by atoms with Crippen molar-refractivity contribution in [2.75, 3.05) is 5.43 Å². The van der Waals surface area contributed by atoms with E-state index in [9.17, 15) is 10.1 Å². The molecule has 136 valence electrons. The van der Waals surface area contributed by atoms with E-state index in [1.165, 1.54) is 12.1 Å². The first kappa shape index (κ1) is 18.3.